The van der Waals surface area contributed by atoms with E-state index in [2.05, 4.69) is 0 Å². The molecule has 7 heteroatoms. The molecule has 2 N–H and O–H groups in total. The number of hydrogen-bond acceptors (Lipinski definition) is 5. The smallest absolute Gasteiger partial charge is 0.324 e. The Morgan fingerprint density at radius 3 is 1.88 bits per heavy atom. The summed E-state index contributed by atoms with van der Waals surface area (Å²) in [7, 11) is -1.19. The van der Waals surface area contributed by atoms with Gasteiger partial charge in [0.15, 0.2) is 0 Å². The number of methoxy groups -OCH3 is 1. The van der Waals surface area contributed by atoms with Crippen LogP contribution in [0, 0.1) is 5.92 Å². The van der Waals surface area contributed by atoms with E-state index < -0.39 is 22.0 Å². The zero-order chi connectivity index (χ0) is 19.5. The Labute approximate surface area is 154 Å². The molecule has 0 radical (unpaired) electrons. The van der Waals surface area contributed by atoms with E-state index in [0.29, 0.717) is 5.69 Å². The maximum atomic E-state index is 12.9. The van der Waals surface area contributed by atoms with Crippen LogP contribution in [0.1, 0.15) is 13.8 Å². The van der Waals surface area contributed by atoms with Gasteiger partial charge in [-0.2, -0.15) is 4.31 Å². The number of benzene rings is 2. The SMILES string of the molecule is COC(=O)[C@@H](C(C)C)N(C)S(=O)(=O)c1ccc(-c2ccc(N)cc2)cc1. The van der Waals surface area contributed by atoms with Crippen LogP contribution in [-0.2, 0) is 19.6 Å². The quantitative estimate of drug-likeness (QED) is 0.618. The molecule has 1 atom stereocenters. The lowest BCUT2D eigenvalue weighted by Crippen LogP contribution is -2.46. The maximum Gasteiger partial charge on any atom is 0.324 e. The number of esters is 1. The molecule has 2 rings (SSSR count). The fourth-order valence-electron chi connectivity index (χ4n) is 2.77. The van der Waals surface area contributed by atoms with Gasteiger partial charge in [-0.3, -0.25) is 4.79 Å². The van der Waals surface area contributed by atoms with Gasteiger partial charge in [-0.15, -0.1) is 0 Å². The van der Waals surface area contributed by atoms with Crippen molar-refractivity contribution in [1.82, 2.24) is 4.31 Å². The first-order chi connectivity index (χ1) is 12.2. The summed E-state index contributed by atoms with van der Waals surface area (Å²) in [5.74, 6) is -0.805. The largest absolute Gasteiger partial charge is 0.468 e. The van der Waals surface area contributed by atoms with Gasteiger partial charge < -0.3 is 10.5 Å². The van der Waals surface area contributed by atoms with Crippen LogP contribution >= 0.6 is 0 Å². The van der Waals surface area contributed by atoms with Crippen LogP contribution < -0.4 is 5.73 Å². The highest BCUT2D eigenvalue weighted by Gasteiger charge is 2.35. The Morgan fingerprint density at radius 1 is 1.00 bits per heavy atom. The van der Waals surface area contributed by atoms with Crippen LogP contribution in [0.2, 0.25) is 0 Å². The number of sulfonamides is 1. The van der Waals surface area contributed by atoms with Crippen molar-refractivity contribution in [2.45, 2.75) is 24.8 Å². The van der Waals surface area contributed by atoms with Crippen LogP contribution in [0.15, 0.2) is 53.4 Å². The number of hydrogen-bond donors (Lipinski definition) is 1. The van der Waals surface area contributed by atoms with Gasteiger partial charge in [0.05, 0.1) is 12.0 Å². The van der Waals surface area contributed by atoms with E-state index in [1.54, 1.807) is 38.1 Å². The number of anilines is 1. The first-order valence-electron chi connectivity index (χ1n) is 8.20. The van der Waals surface area contributed by atoms with E-state index in [1.165, 1.54) is 26.3 Å². The number of ether oxygens (including phenoxy) is 1. The molecule has 0 saturated heterocycles. The molecule has 0 heterocycles. The molecule has 0 aliphatic heterocycles. The first kappa shape index (κ1) is 19.9. The zero-order valence-electron chi connectivity index (χ0n) is 15.3. The molecule has 0 aliphatic rings. The summed E-state index contributed by atoms with van der Waals surface area (Å²) in [4.78, 5) is 12.1. The predicted octanol–water partition coefficient (Wildman–Crippen LogP) is 2.75. The number of carbonyl (C=O) groups excluding carboxylic acids is 1. The number of nitrogens with zero attached hydrogens (tertiary/aromatic N) is 1. The molecule has 2 aromatic carbocycles. The van der Waals surface area contributed by atoms with Crippen LogP contribution in [0.5, 0.6) is 0 Å². The Morgan fingerprint density at radius 2 is 1.46 bits per heavy atom. The van der Waals surface area contributed by atoms with Gasteiger partial charge in [-0.25, -0.2) is 8.42 Å². The standard InChI is InChI=1S/C19H24N2O4S/c1-13(2)18(19(22)25-4)21(3)26(23,24)17-11-7-15(8-12-17)14-5-9-16(20)10-6-14/h5-13,18H,20H2,1-4H3/t18-/m1/s1. The van der Waals surface area contributed by atoms with E-state index in [0.717, 1.165) is 15.4 Å². The minimum Gasteiger partial charge on any atom is -0.468 e. The summed E-state index contributed by atoms with van der Waals surface area (Å²) in [5, 5.41) is 0. The van der Waals surface area contributed by atoms with E-state index in [-0.39, 0.29) is 10.8 Å². The molecule has 0 aromatic heterocycles. The maximum absolute atomic E-state index is 12.9. The van der Waals surface area contributed by atoms with Crippen molar-refractivity contribution in [1.29, 1.82) is 0 Å². The Balaban J connectivity index is 2.33. The molecule has 0 bridgehead atoms. The van der Waals surface area contributed by atoms with Gasteiger partial charge in [0, 0.05) is 12.7 Å². The van der Waals surface area contributed by atoms with E-state index >= 15 is 0 Å². The summed E-state index contributed by atoms with van der Waals surface area (Å²) >= 11 is 0. The average molecular weight is 376 g/mol. The summed E-state index contributed by atoms with van der Waals surface area (Å²) < 4.78 is 31.6. The molecule has 140 valence electrons. The predicted molar refractivity (Wildman–Crippen MR) is 102 cm³/mol. The zero-order valence-corrected chi connectivity index (χ0v) is 16.2. The number of rotatable bonds is 6. The monoisotopic (exact) mass is 376 g/mol. The highest BCUT2D eigenvalue weighted by atomic mass is 32.2. The highest BCUT2D eigenvalue weighted by Crippen LogP contribution is 2.25. The third-order valence-electron chi connectivity index (χ3n) is 4.24. The van der Waals surface area contributed by atoms with Crippen molar-refractivity contribution >= 4 is 21.7 Å². The van der Waals surface area contributed by atoms with Gasteiger partial charge >= 0.3 is 5.97 Å². The van der Waals surface area contributed by atoms with Crippen LogP contribution in [0.3, 0.4) is 0 Å². The molecule has 0 spiro atoms. The summed E-state index contributed by atoms with van der Waals surface area (Å²) in [5.41, 5.74) is 8.16. The Bertz CT molecular complexity index is 859. The Kier molecular flexibility index (Phi) is 6.05. The number of likely N-dealkylation sites (N-methyl/N-ethyl adjacent to an activating group) is 1. The molecular formula is C19H24N2O4S. The minimum atomic E-state index is -3.83. The summed E-state index contributed by atoms with van der Waals surface area (Å²) in [6.45, 7) is 3.55. The van der Waals surface area contributed by atoms with E-state index in [4.69, 9.17) is 10.5 Å². The summed E-state index contributed by atoms with van der Waals surface area (Å²) in [6.07, 6.45) is 0. The van der Waals surface area contributed by atoms with Crippen molar-refractivity contribution in [3.05, 3.63) is 48.5 Å². The summed E-state index contributed by atoms with van der Waals surface area (Å²) in [6, 6.07) is 13.0. The van der Waals surface area contributed by atoms with Gasteiger partial charge in [-0.05, 0) is 41.3 Å². The third-order valence-corrected chi connectivity index (χ3v) is 6.09. The lowest BCUT2D eigenvalue weighted by molar-refractivity contribution is -0.146. The normalized spacial score (nSPS) is 13.0. The van der Waals surface area contributed by atoms with Crippen LogP contribution in [-0.4, -0.2) is 38.9 Å². The molecule has 2 aromatic rings. The second kappa shape index (κ2) is 7.88. The van der Waals surface area contributed by atoms with Gasteiger partial charge in [0.1, 0.15) is 6.04 Å². The first-order valence-corrected chi connectivity index (χ1v) is 9.64. The number of carbonyl (C=O) groups is 1. The third kappa shape index (κ3) is 4.05. The van der Waals surface area contributed by atoms with Gasteiger partial charge in [-0.1, -0.05) is 38.1 Å². The second-order valence-electron chi connectivity index (χ2n) is 6.38. The van der Waals surface area contributed by atoms with Gasteiger partial charge in [0.2, 0.25) is 10.0 Å². The molecule has 6 nitrogen and oxygen atoms in total. The molecule has 0 saturated carbocycles. The highest BCUT2D eigenvalue weighted by molar-refractivity contribution is 7.89. The van der Waals surface area contributed by atoms with Crippen molar-refractivity contribution in [2.24, 2.45) is 5.92 Å². The lowest BCUT2D eigenvalue weighted by atomic mass is 10.1. The van der Waals surface area contributed by atoms with Crippen molar-refractivity contribution in [3.63, 3.8) is 0 Å². The Hall–Kier alpha value is -2.38. The van der Waals surface area contributed by atoms with E-state index in [1.807, 2.05) is 12.1 Å². The molecule has 0 fully saturated rings. The number of nitrogens with two attached hydrogens (primary N) is 1. The van der Waals surface area contributed by atoms with Crippen LogP contribution in [0.25, 0.3) is 11.1 Å². The molecule has 0 aliphatic carbocycles. The topological polar surface area (TPSA) is 89.7 Å². The molecule has 26 heavy (non-hydrogen) atoms. The van der Waals surface area contributed by atoms with Gasteiger partial charge in [0.25, 0.3) is 0 Å². The average Bonchev–Trinajstić information content (AvgIpc) is 2.62. The lowest BCUT2D eigenvalue weighted by Gasteiger charge is -2.28. The molecular weight excluding hydrogens is 352 g/mol. The van der Waals surface area contributed by atoms with Crippen molar-refractivity contribution < 1.29 is 17.9 Å². The minimum absolute atomic E-state index is 0.119. The fraction of sp³-hybridized carbons (Fsp3) is 0.316. The van der Waals surface area contributed by atoms with Crippen LogP contribution in [0.4, 0.5) is 5.69 Å². The van der Waals surface area contributed by atoms with Crippen molar-refractivity contribution in [3.8, 4) is 11.1 Å². The fourth-order valence-corrected chi connectivity index (χ4v) is 4.21. The van der Waals surface area contributed by atoms with E-state index in [9.17, 15) is 13.2 Å². The number of nitrogen functional groups attached to an aromatic ring is 1. The molecule has 0 amide bonds. The molecule has 0 unspecified atom stereocenters. The second-order valence-corrected chi connectivity index (χ2v) is 8.38. The van der Waals surface area contributed by atoms with Crippen molar-refractivity contribution in [2.75, 3.05) is 19.9 Å².